The molecule has 3 heteroatoms. The van der Waals surface area contributed by atoms with Gasteiger partial charge in [-0.2, -0.15) is 12.8 Å². The first-order valence-corrected chi connectivity index (χ1v) is 9.78. The molecule has 0 aromatic carbocycles. The van der Waals surface area contributed by atoms with E-state index in [0.29, 0.717) is 0 Å². The number of halogens is 2. The molecule has 132 valence electrons. The Morgan fingerprint density at radius 3 is 1.42 bits per heavy atom. The van der Waals surface area contributed by atoms with Crippen molar-refractivity contribution in [3.05, 3.63) is 61.4 Å². The van der Waals surface area contributed by atoms with Gasteiger partial charge < -0.3 is 37.7 Å². The first kappa shape index (κ1) is 24.3. The molecule has 4 unspecified atom stereocenters. The van der Waals surface area contributed by atoms with E-state index in [4.69, 9.17) is 0 Å². The minimum Gasteiger partial charge on any atom is -1.00 e. The molecule has 0 radical (unpaired) electrons. The van der Waals surface area contributed by atoms with Crippen LogP contribution in [0.4, 0.5) is 0 Å². The topological polar surface area (TPSA) is 0 Å². The van der Waals surface area contributed by atoms with Crippen LogP contribution in [0.25, 0.3) is 0 Å². The van der Waals surface area contributed by atoms with Crippen LogP contribution in [0.2, 0.25) is 0 Å². The molecule has 4 rings (SSSR count). The maximum atomic E-state index is 2.42. The zero-order chi connectivity index (χ0) is 15.8. The standard InChI is InChI=1S/2C9H11.C3H6.2ClH.Zr/c2*1-2-5-9-7-3-6-8(9)4-1;1-3-2;;;/h2*1-2,4-6,8-9H,3,7H2;1-2H3;2*1H;/q2*-1;;;;+2/p-2. The van der Waals surface area contributed by atoms with Gasteiger partial charge in [-0.05, 0) is 11.8 Å². The van der Waals surface area contributed by atoms with Crippen LogP contribution in [0.5, 0.6) is 0 Å². The maximum Gasteiger partial charge on any atom is -1.00 e. The molecule has 0 bridgehead atoms. The molecule has 0 aromatic rings. The van der Waals surface area contributed by atoms with E-state index >= 15 is 0 Å². The molecule has 0 nitrogen and oxygen atoms in total. The van der Waals surface area contributed by atoms with Crippen molar-refractivity contribution in [1.82, 2.24) is 0 Å². The molecule has 0 aliphatic heterocycles. The third kappa shape index (κ3) is 8.59. The van der Waals surface area contributed by atoms with Crippen molar-refractivity contribution in [2.45, 2.75) is 39.5 Å². The first-order chi connectivity index (χ1) is 10.7. The van der Waals surface area contributed by atoms with Crippen molar-refractivity contribution >= 4 is 3.21 Å². The Kier molecular flexibility index (Phi) is 13.7. The summed E-state index contributed by atoms with van der Waals surface area (Å²) in [6.07, 6.45) is 28.1. The Hall–Kier alpha value is 0.293. The van der Waals surface area contributed by atoms with E-state index in [9.17, 15) is 0 Å². The van der Waals surface area contributed by atoms with Gasteiger partial charge in [0.15, 0.2) is 0 Å². The minimum atomic E-state index is 0. The predicted octanol–water partition coefficient (Wildman–Crippen LogP) is -0.561. The minimum absolute atomic E-state index is 0. The normalized spacial score (nSPS) is 30.5. The van der Waals surface area contributed by atoms with Gasteiger partial charge in [0.2, 0.25) is 0 Å². The molecular weight excluding hydrogens is 414 g/mol. The summed E-state index contributed by atoms with van der Waals surface area (Å²) in [4.78, 5) is 0. The number of hydrogen-bond acceptors (Lipinski definition) is 0. The monoisotopic (exact) mass is 440 g/mol. The largest absolute Gasteiger partial charge is 1.00 e. The molecule has 0 saturated heterocycles. The fourth-order valence-electron chi connectivity index (χ4n) is 3.39. The zero-order valence-corrected chi connectivity index (χ0v) is 18.6. The summed E-state index contributed by atoms with van der Waals surface area (Å²) >= 11 is 1.55. The van der Waals surface area contributed by atoms with E-state index < -0.39 is 0 Å². The average molecular weight is 443 g/mol. The van der Waals surface area contributed by atoms with Crippen LogP contribution < -0.4 is 24.8 Å². The number of hydrogen-bond donors (Lipinski definition) is 0. The third-order valence-corrected chi connectivity index (χ3v) is 4.47. The van der Waals surface area contributed by atoms with Crippen LogP contribution in [0.3, 0.4) is 0 Å². The van der Waals surface area contributed by atoms with Gasteiger partial charge in [0, 0.05) is 0 Å². The van der Waals surface area contributed by atoms with Gasteiger partial charge in [-0.25, -0.2) is 0 Å². The molecule has 0 spiro atoms. The fourth-order valence-corrected chi connectivity index (χ4v) is 3.39. The van der Waals surface area contributed by atoms with E-state index in [1.165, 1.54) is 28.9 Å². The summed E-state index contributed by atoms with van der Waals surface area (Å²) < 4.78 is 1.51. The summed E-state index contributed by atoms with van der Waals surface area (Å²) in [6.45, 7) is 4.25. The Balaban J connectivity index is 0.000000341. The molecule has 0 aromatic heterocycles. The van der Waals surface area contributed by atoms with Gasteiger partial charge >= 0.3 is 41.3 Å². The Labute approximate surface area is 176 Å². The van der Waals surface area contributed by atoms with Crippen molar-refractivity contribution in [2.75, 3.05) is 0 Å². The molecule has 4 aliphatic carbocycles. The second-order valence-corrected chi connectivity index (χ2v) is 9.11. The first-order valence-electron chi connectivity index (χ1n) is 8.55. The summed E-state index contributed by atoms with van der Waals surface area (Å²) in [5, 5.41) is 0. The van der Waals surface area contributed by atoms with Crippen molar-refractivity contribution in [3.8, 4) is 0 Å². The molecule has 2 fully saturated rings. The van der Waals surface area contributed by atoms with Gasteiger partial charge in [0.25, 0.3) is 0 Å². The molecular formula is C21H28Cl2Zr-2. The van der Waals surface area contributed by atoms with Crippen LogP contribution in [-0.4, -0.2) is 3.21 Å². The zero-order valence-electron chi connectivity index (χ0n) is 14.7. The Morgan fingerprint density at radius 2 is 1.08 bits per heavy atom. The molecule has 2 saturated carbocycles. The van der Waals surface area contributed by atoms with Gasteiger partial charge in [-0.15, -0.1) is 24.0 Å². The van der Waals surface area contributed by atoms with Crippen molar-refractivity contribution in [3.63, 3.8) is 0 Å². The summed E-state index contributed by atoms with van der Waals surface area (Å²) in [5.74, 6) is 3.23. The van der Waals surface area contributed by atoms with Crippen LogP contribution in [0.1, 0.15) is 39.5 Å². The number of allylic oxidation sites excluding steroid dienone is 8. The van der Waals surface area contributed by atoms with E-state index in [1.54, 1.807) is 24.2 Å². The smallest absolute Gasteiger partial charge is 1.00 e. The molecule has 0 amide bonds. The second-order valence-electron chi connectivity index (χ2n) is 6.65. The predicted molar refractivity (Wildman–Crippen MR) is 93.9 cm³/mol. The quantitative estimate of drug-likeness (QED) is 0.442. The van der Waals surface area contributed by atoms with Gasteiger partial charge in [-0.3, -0.25) is 0 Å². The molecule has 4 atom stereocenters. The van der Waals surface area contributed by atoms with Crippen molar-refractivity contribution < 1.29 is 49.0 Å². The average Bonchev–Trinajstić information content (AvgIpc) is 3.16. The molecule has 0 heterocycles. The van der Waals surface area contributed by atoms with Crippen LogP contribution >= 0.6 is 0 Å². The van der Waals surface area contributed by atoms with Crippen LogP contribution in [0, 0.1) is 36.5 Å². The summed E-state index contributed by atoms with van der Waals surface area (Å²) in [6, 6.07) is 0. The molecule has 0 N–H and O–H groups in total. The van der Waals surface area contributed by atoms with Gasteiger partial charge in [-0.1, -0.05) is 49.3 Å². The summed E-state index contributed by atoms with van der Waals surface area (Å²) in [5.41, 5.74) is 0. The third-order valence-electron chi connectivity index (χ3n) is 4.47. The van der Waals surface area contributed by atoms with Crippen LogP contribution in [0.15, 0.2) is 48.6 Å². The Bertz CT molecular complexity index is 398. The summed E-state index contributed by atoms with van der Waals surface area (Å²) in [7, 11) is 0. The van der Waals surface area contributed by atoms with Gasteiger partial charge in [0.1, 0.15) is 0 Å². The SMILES string of the molecule is C1=CC2[CH-]CCC2C=C1.C1=CC2[CH-]CCC2C=C1.C[C](C)=[Zr+2].[Cl-].[Cl-]. The second kappa shape index (κ2) is 13.5. The van der Waals surface area contributed by atoms with E-state index in [2.05, 4.69) is 75.3 Å². The Morgan fingerprint density at radius 1 is 0.750 bits per heavy atom. The van der Waals surface area contributed by atoms with Crippen molar-refractivity contribution in [2.24, 2.45) is 23.7 Å². The van der Waals surface area contributed by atoms with E-state index in [0.717, 1.165) is 23.7 Å². The number of fused-ring (bicyclic) bond motifs is 2. The van der Waals surface area contributed by atoms with E-state index in [-0.39, 0.29) is 24.8 Å². The van der Waals surface area contributed by atoms with E-state index in [1.807, 2.05) is 0 Å². The maximum absolute atomic E-state index is 2.42. The van der Waals surface area contributed by atoms with Gasteiger partial charge in [0.05, 0.1) is 0 Å². The van der Waals surface area contributed by atoms with Crippen LogP contribution in [-0.2, 0) is 24.2 Å². The molecule has 4 aliphatic rings. The van der Waals surface area contributed by atoms with Crippen molar-refractivity contribution in [1.29, 1.82) is 0 Å². The number of rotatable bonds is 0. The molecule has 24 heavy (non-hydrogen) atoms. The fraction of sp³-hybridized carbons (Fsp3) is 0.476.